The second kappa shape index (κ2) is 2.24. The monoisotopic (exact) mass is 226 g/mol. The van der Waals surface area contributed by atoms with Crippen LogP contribution in [0.5, 0.6) is 0 Å². The molecule has 0 amide bonds. The average Bonchev–Trinajstić information content (AvgIpc) is 2.66. The van der Waals surface area contributed by atoms with Gasteiger partial charge in [0.2, 0.25) is 0 Å². The first-order chi connectivity index (χ1) is 5.77. The zero-order valence-corrected chi connectivity index (χ0v) is 8.24. The van der Waals surface area contributed by atoms with Gasteiger partial charge in [-0.05, 0) is 24.2 Å². The van der Waals surface area contributed by atoms with Crippen molar-refractivity contribution in [2.24, 2.45) is 23.7 Å². The second-order valence-corrected chi connectivity index (χ2v) is 5.02. The summed E-state index contributed by atoms with van der Waals surface area (Å²) in [5, 5.41) is 9.84. The molecule has 1 fully saturated rings. The van der Waals surface area contributed by atoms with Gasteiger partial charge in [0, 0.05) is 10.4 Å². The van der Waals surface area contributed by atoms with Crippen molar-refractivity contribution in [3.05, 3.63) is 22.7 Å². The minimum atomic E-state index is -0.227. The van der Waals surface area contributed by atoms with Crippen LogP contribution in [0.2, 0.25) is 0 Å². The summed E-state index contributed by atoms with van der Waals surface area (Å²) in [6.45, 7) is 0. The molecule has 2 bridgehead atoms. The summed E-state index contributed by atoms with van der Waals surface area (Å²) in [6, 6.07) is 0. The highest BCUT2D eigenvalue weighted by Gasteiger charge is 2.50. The quantitative estimate of drug-likeness (QED) is 0.628. The smallest absolute Gasteiger partial charge is 0.0891 e. The fourth-order valence-corrected chi connectivity index (χ4v) is 3.65. The Balaban J connectivity index is 2.01. The molecular formula is C10H11BrO. The standard InChI is InChI=1S/C10H11BrO/c11-8-4-7-5-1-2-6(3-5)9(7)10(8)12/h1-2,4-7,9-10,12H,3H2/t5?,6?,7?,9?,10-/m1/s1. The van der Waals surface area contributed by atoms with Crippen LogP contribution in [-0.4, -0.2) is 11.2 Å². The molecule has 1 nitrogen and oxygen atoms in total. The number of aliphatic hydroxyl groups is 1. The van der Waals surface area contributed by atoms with Crippen molar-refractivity contribution in [2.45, 2.75) is 12.5 Å². The van der Waals surface area contributed by atoms with Crippen LogP contribution in [0.4, 0.5) is 0 Å². The first-order valence-electron chi connectivity index (χ1n) is 4.51. The van der Waals surface area contributed by atoms with E-state index < -0.39 is 0 Å². The molecule has 0 saturated heterocycles. The SMILES string of the molecule is O[C@@H]1C(Br)=CC2C3C=CC(C3)C21. The Morgan fingerprint density at radius 1 is 1.33 bits per heavy atom. The van der Waals surface area contributed by atoms with E-state index in [1.807, 2.05) is 0 Å². The lowest BCUT2D eigenvalue weighted by Gasteiger charge is -2.22. The third kappa shape index (κ3) is 0.728. The molecule has 0 radical (unpaired) electrons. The first kappa shape index (κ1) is 7.34. The van der Waals surface area contributed by atoms with E-state index in [0.29, 0.717) is 23.7 Å². The molecule has 3 rings (SSSR count). The highest BCUT2D eigenvalue weighted by molar-refractivity contribution is 9.11. The maximum Gasteiger partial charge on any atom is 0.0891 e. The molecule has 3 aliphatic rings. The molecule has 3 aliphatic carbocycles. The van der Waals surface area contributed by atoms with Crippen LogP contribution in [-0.2, 0) is 0 Å². The minimum Gasteiger partial charge on any atom is -0.388 e. The van der Waals surface area contributed by atoms with Gasteiger partial charge in [-0.25, -0.2) is 0 Å². The van der Waals surface area contributed by atoms with Gasteiger partial charge in [-0.2, -0.15) is 0 Å². The Hall–Kier alpha value is -0.0800. The molecule has 0 spiro atoms. The van der Waals surface area contributed by atoms with Gasteiger partial charge in [0.05, 0.1) is 6.10 Å². The summed E-state index contributed by atoms with van der Waals surface area (Å²) in [5.74, 6) is 2.45. The Morgan fingerprint density at radius 2 is 2.08 bits per heavy atom. The summed E-state index contributed by atoms with van der Waals surface area (Å²) in [7, 11) is 0. The van der Waals surface area contributed by atoms with Crippen molar-refractivity contribution in [2.75, 3.05) is 0 Å². The van der Waals surface area contributed by atoms with E-state index in [2.05, 4.69) is 34.2 Å². The molecule has 12 heavy (non-hydrogen) atoms. The average molecular weight is 227 g/mol. The van der Waals surface area contributed by atoms with E-state index in [-0.39, 0.29) is 6.10 Å². The lowest BCUT2D eigenvalue weighted by atomic mass is 9.84. The number of hydrogen-bond acceptors (Lipinski definition) is 1. The summed E-state index contributed by atoms with van der Waals surface area (Å²) in [4.78, 5) is 0. The maximum absolute atomic E-state index is 9.84. The molecule has 1 N–H and O–H groups in total. The summed E-state index contributed by atoms with van der Waals surface area (Å²) in [5.41, 5.74) is 0. The molecule has 1 saturated carbocycles. The molecule has 0 aromatic heterocycles. The van der Waals surface area contributed by atoms with E-state index in [1.54, 1.807) is 0 Å². The van der Waals surface area contributed by atoms with Crippen LogP contribution in [0.1, 0.15) is 6.42 Å². The molecular weight excluding hydrogens is 216 g/mol. The topological polar surface area (TPSA) is 20.2 Å². The van der Waals surface area contributed by atoms with Crippen LogP contribution in [0.25, 0.3) is 0 Å². The van der Waals surface area contributed by atoms with E-state index in [4.69, 9.17) is 0 Å². The van der Waals surface area contributed by atoms with Gasteiger partial charge < -0.3 is 5.11 Å². The van der Waals surface area contributed by atoms with Crippen LogP contribution in [0, 0.1) is 23.7 Å². The highest BCUT2D eigenvalue weighted by Crippen LogP contribution is 2.55. The van der Waals surface area contributed by atoms with Gasteiger partial charge in [-0.1, -0.05) is 34.2 Å². The minimum absolute atomic E-state index is 0.227. The third-order valence-corrected chi connectivity index (χ3v) is 4.32. The molecule has 64 valence electrons. The normalized spacial score (nSPS) is 54.5. The van der Waals surface area contributed by atoms with Crippen molar-refractivity contribution in [1.29, 1.82) is 0 Å². The van der Waals surface area contributed by atoms with Gasteiger partial charge in [-0.15, -0.1) is 0 Å². The molecule has 2 heteroatoms. The van der Waals surface area contributed by atoms with Crippen LogP contribution in [0.3, 0.4) is 0 Å². The predicted molar refractivity (Wildman–Crippen MR) is 50.7 cm³/mol. The van der Waals surface area contributed by atoms with E-state index in [1.165, 1.54) is 6.42 Å². The lowest BCUT2D eigenvalue weighted by Crippen LogP contribution is -2.24. The van der Waals surface area contributed by atoms with Gasteiger partial charge in [0.1, 0.15) is 0 Å². The van der Waals surface area contributed by atoms with Gasteiger partial charge in [0.25, 0.3) is 0 Å². The Labute approximate surface area is 80.3 Å². The molecule has 5 atom stereocenters. The van der Waals surface area contributed by atoms with Crippen molar-refractivity contribution in [3.8, 4) is 0 Å². The molecule has 4 unspecified atom stereocenters. The number of fused-ring (bicyclic) bond motifs is 5. The third-order valence-electron chi connectivity index (χ3n) is 3.58. The number of halogens is 1. The van der Waals surface area contributed by atoms with Crippen LogP contribution < -0.4 is 0 Å². The van der Waals surface area contributed by atoms with E-state index in [9.17, 15) is 5.11 Å². The number of allylic oxidation sites excluding steroid dienone is 3. The zero-order chi connectivity index (χ0) is 8.29. The number of aliphatic hydroxyl groups excluding tert-OH is 1. The summed E-state index contributed by atoms with van der Waals surface area (Å²) in [6.07, 6.45) is 7.86. The molecule has 0 heterocycles. The second-order valence-electron chi connectivity index (χ2n) is 4.10. The molecule has 0 aliphatic heterocycles. The highest BCUT2D eigenvalue weighted by atomic mass is 79.9. The van der Waals surface area contributed by atoms with E-state index >= 15 is 0 Å². The number of hydrogen-bond donors (Lipinski definition) is 1. The number of rotatable bonds is 0. The fourth-order valence-electron chi connectivity index (χ4n) is 3.04. The van der Waals surface area contributed by atoms with Crippen LogP contribution >= 0.6 is 15.9 Å². The van der Waals surface area contributed by atoms with Gasteiger partial charge in [0.15, 0.2) is 0 Å². The lowest BCUT2D eigenvalue weighted by molar-refractivity contribution is 0.130. The molecule has 0 aromatic rings. The largest absolute Gasteiger partial charge is 0.388 e. The van der Waals surface area contributed by atoms with Crippen molar-refractivity contribution < 1.29 is 5.11 Å². The van der Waals surface area contributed by atoms with Gasteiger partial charge in [-0.3, -0.25) is 0 Å². The van der Waals surface area contributed by atoms with Gasteiger partial charge >= 0.3 is 0 Å². The summed E-state index contributed by atoms with van der Waals surface area (Å²) >= 11 is 3.43. The Kier molecular flexibility index (Phi) is 1.37. The summed E-state index contributed by atoms with van der Waals surface area (Å²) < 4.78 is 1.01. The fraction of sp³-hybridized carbons (Fsp3) is 0.600. The van der Waals surface area contributed by atoms with E-state index in [0.717, 1.165) is 4.48 Å². The Morgan fingerprint density at radius 3 is 2.83 bits per heavy atom. The first-order valence-corrected chi connectivity index (χ1v) is 5.30. The predicted octanol–water partition coefficient (Wildman–Crippen LogP) is 2.08. The molecule has 0 aromatic carbocycles. The Bertz CT molecular complexity index is 282. The zero-order valence-electron chi connectivity index (χ0n) is 6.65. The van der Waals surface area contributed by atoms with Crippen molar-refractivity contribution >= 4 is 15.9 Å². The maximum atomic E-state index is 9.84. The van der Waals surface area contributed by atoms with Crippen molar-refractivity contribution in [3.63, 3.8) is 0 Å². The van der Waals surface area contributed by atoms with Crippen molar-refractivity contribution in [1.82, 2.24) is 0 Å². The van der Waals surface area contributed by atoms with Crippen LogP contribution in [0.15, 0.2) is 22.7 Å².